The second-order valence-corrected chi connectivity index (χ2v) is 5.83. The number of aryl methyl sites for hydroxylation is 1. The quantitative estimate of drug-likeness (QED) is 0.830. The van der Waals surface area contributed by atoms with Crippen molar-refractivity contribution < 1.29 is 8.95 Å². The molecule has 0 bridgehead atoms. The molecule has 1 atom stereocenters. The molecule has 0 amide bonds. The summed E-state index contributed by atoms with van der Waals surface area (Å²) in [5.41, 5.74) is 7.56. The first-order chi connectivity index (χ1) is 9.70. The second-order valence-electron chi connectivity index (χ2n) is 4.29. The Kier molecular flexibility index (Phi) is 5.12. The Morgan fingerprint density at radius 1 is 1.25 bits per heavy atom. The number of ether oxygens (including phenoxy) is 1. The van der Waals surface area contributed by atoms with Crippen LogP contribution in [0.1, 0.15) is 12.5 Å². The molecule has 5 heteroatoms. The Balaban J connectivity index is 2.06. The van der Waals surface area contributed by atoms with Crippen molar-refractivity contribution in [2.24, 2.45) is 0 Å². The molecule has 1 heterocycles. The number of aromatic nitrogens is 1. The smallest absolute Gasteiger partial charge is 0.120 e. The highest BCUT2D eigenvalue weighted by Gasteiger charge is 2.10. The van der Waals surface area contributed by atoms with Crippen LogP contribution in [0.25, 0.3) is 0 Å². The van der Waals surface area contributed by atoms with Crippen LogP contribution in [0.15, 0.2) is 47.6 Å². The van der Waals surface area contributed by atoms with E-state index in [1.54, 1.807) is 30.6 Å². The van der Waals surface area contributed by atoms with Gasteiger partial charge in [0.2, 0.25) is 0 Å². The average molecular weight is 290 g/mol. The van der Waals surface area contributed by atoms with Crippen LogP contribution < -0.4 is 10.5 Å². The summed E-state index contributed by atoms with van der Waals surface area (Å²) in [7, 11) is -1.13. The molecule has 0 radical (unpaired) electrons. The van der Waals surface area contributed by atoms with Crippen molar-refractivity contribution in [1.29, 1.82) is 0 Å². The fourth-order valence-corrected chi connectivity index (χ4v) is 3.06. The summed E-state index contributed by atoms with van der Waals surface area (Å²) >= 11 is 0. The largest absolute Gasteiger partial charge is 0.494 e. The summed E-state index contributed by atoms with van der Waals surface area (Å²) in [4.78, 5) is 4.61. The molecule has 0 aliphatic heterocycles. The Bertz CT molecular complexity index is 588. The third-order valence-corrected chi connectivity index (χ3v) is 4.29. The summed E-state index contributed by atoms with van der Waals surface area (Å²) < 4.78 is 17.8. The van der Waals surface area contributed by atoms with E-state index in [0.717, 1.165) is 12.0 Å². The number of benzene rings is 1. The zero-order valence-corrected chi connectivity index (χ0v) is 12.2. The number of nitrogens with zero attached hydrogens (tertiary/aromatic N) is 1. The molecule has 2 aromatic rings. The highest BCUT2D eigenvalue weighted by molar-refractivity contribution is 7.85. The molecule has 0 fully saturated rings. The number of rotatable bonds is 6. The van der Waals surface area contributed by atoms with Gasteiger partial charge in [0, 0.05) is 23.8 Å². The predicted octanol–water partition coefficient (Wildman–Crippen LogP) is 2.41. The van der Waals surface area contributed by atoms with Crippen molar-refractivity contribution >= 4 is 16.5 Å². The Morgan fingerprint density at radius 2 is 2.00 bits per heavy atom. The van der Waals surface area contributed by atoms with Crippen LogP contribution in [0, 0.1) is 0 Å². The van der Waals surface area contributed by atoms with Gasteiger partial charge in [-0.1, -0.05) is 0 Å². The van der Waals surface area contributed by atoms with Gasteiger partial charge in [-0.05, 0) is 49.2 Å². The number of hydrogen-bond donors (Lipinski definition) is 1. The topological polar surface area (TPSA) is 65.2 Å². The standard InChI is InChI=1S/C15H18N2O2S/c1-2-19-13-3-4-14(16)15(11-13)20(18)10-7-12-5-8-17-9-6-12/h3-6,8-9,11H,2,7,10,16H2,1H3. The van der Waals surface area contributed by atoms with E-state index in [1.165, 1.54) is 0 Å². The molecule has 0 saturated carbocycles. The van der Waals surface area contributed by atoms with Gasteiger partial charge in [-0.2, -0.15) is 0 Å². The highest BCUT2D eigenvalue weighted by Crippen LogP contribution is 2.23. The Morgan fingerprint density at radius 3 is 2.70 bits per heavy atom. The minimum Gasteiger partial charge on any atom is -0.494 e. The lowest BCUT2D eigenvalue weighted by Gasteiger charge is -2.09. The maximum Gasteiger partial charge on any atom is 0.120 e. The first-order valence-electron chi connectivity index (χ1n) is 6.50. The average Bonchev–Trinajstić information content (AvgIpc) is 2.48. The SMILES string of the molecule is CCOc1ccc(N)c(S(=O)CCc2ccncc2)c1. The maximum atomic E-state index is 12.4. The Hall–Kier alpha value is -1.88. The fourth-order valence-electron chi connectivity index (χ4n) is 1.84. The Labute approximate surface area is 121 Å². The zero-order chi connectivity index (χ0) is 14.4. The molecule has 20 heavy (non-hydrogen) atoms. The molecule has 0 saturated heterocycles. The monoisotopic (exact) mass is 290 g/mol. The van der Waals surface area contributed by atoms with Crippen LogP contribution in [0.2, 0.25) is 0 Å². The first kappa shape index (κ1) is 14.5. The number of anilines is 1. The van der Waals surface area contributed by atoms with Crippen LogP contribution in [-0.4, -0.2) is 21.6 Å². The number of pyridine rings is 1. The third-order valence-electron chi connectivity index (χ3n) is 2.87. The summed E-state index contributed by atoms with van der Waals surface area (Å²) in [6.45, 7) is 2.49. The van der Waals surface area contributed by atoms with Crippen LogP contribution in [0.3, 0.4) is 0 Å². The van der Waals surface area contributed by atoms with Gasteiger partial charge in [-0.15, -0.1) is 0 Å². The van der Waals surface area contributed by atoms with Crippen molar-refractivity contribution in [2.45, 2.75) is 18.2 Å². The van der Waals surface area contributed by atoms with Crippen molar-refractivity contribution in [3.63, 3.8) is 0 Å². The van der Waals surface area contributed by atoms with E-state index in [0.29, 0.717) is 28.7 Å². The molecule has 1 unspecified atom stereocenters. The van der Waals surface area contributed by atoms with Gasteiger partial charge in [0.05, 0.1) is 22.3 Å². The normalized spacial score (nSPS) is 12.1. The highest BCUT2D eigenvalue weighted by atomic mass is 32.2. The van der Waals surface area contributed by atoms with E-state index >= 15 is 0 Å². The molecule has 1 aromatic carbocycles. The van der Waals surface area contributed by atoms with E-state index in [9.17, 15) is 4.21 Å². The molecule has 2 rings (SSSR count). The lowest BCUT2D eigenvalue weighted by Crippen LogP contribution is -2.05. The van der Waals surface area contributed by atoms with E-state index < -0.39 is 10.8 Å². The third kappa shape index (κ3) is 3.81. The second kappa shape index (κ2) is 7.05. The lowest BCUT2D eigenvalue weighted by molar-refractivity contribution is 0.339. The molecule has 0 aliphatic carbocycles. The van der Waals surface area contributed by atoms with Gasteiger partial charge in [-0.3, -0.25) is 9.19 Å². The molecule has 0 spiro atoms. The summed E-state index contributed by atoms with van der Waals surface area (Å²) in [6, 6.07) is 9.16. The molecule has 1 aromatic heterocycles. The van der Waals surface area contributed by atoms with Crippen molar-refractivity contribution in [2.75, 3.05) is 18.1 Å². The number of nitrogen functional groups attached to an aromatic ring is 1. The van der Waals surface area contributed by atoms with Crippen LogP contribution in [0.5, 0.6) is 5.75 Å². The lowest BCUT2D eigenvalue weighted by atomic mass is 10.2. The van der Waals surface area contributed by atoms with Gasteiger partial charge in [0.1, 0.15) is 5.75 Å². The summed E-state index contributed by atoms with van der Waals surface area (Å²) in [5.74, 6) is 1.23. The summed E-state index contributed by atoms with van der Waals surface area (Å²) in [5, 5.41) is 0. The van der Waals surface area contributed by atoms with Gasteiger partial charge in [-0.25, -0.2) is 0 Å². The van der Waals surface area contributed by atoms with Crippen LogP contribution in [-0.2, 0) is 17.2 Å². The predicted molar refractivity (Wildman–Crippen MR) is 81.2 cm³/mol. The van der Waals surface area contributed by atoms with E-state index in [1.807, 2.05) is 19.1 Å². The van der Waals surface area contributed by atoms with Crippen molar-refractivity contribution in [3.05, 3.63) is 48.3 Å². The van der Waals surface area contributed by atoms with Gasteiger partial charge < -0.3 is 10.5 Å². The molecule has 4 nitrogen and oxygen atoms in total. The van der Waals surface area contributed by atoms with Crippen LogP contribution >= 0.6 is 0 Å². The van der Waals surface area contributed by atoms with Gasteiger partial charge >= 0.3 is 0 Å². The molecular formula is C15H18N2O2S. The number of nitrogens with two attached hydrogens (primary N) is 1. The minimum atomic E-state index is -1.13. The molecule has 0 aliphatic rings. The summed E-state index contributed by atoms with van der Waals surface area (Å²) in [6.07, 6.45) is 4.21. The molecule has 2 N–H and O–H groups in total. The number of hydrogen-bond acceptors (Lipinski definition) is 4. The van der Waals surface area contributed by atoms with Crippen molar-refractivity contribution in [3.8, 4) is 5.75 Å². The first-order valence-corrected chi connectivity index (χ1v) is 7.82. The maximum absolute atomic E-state index is 12.4. The fraction of sp³-hybridized carbons (Fsp3) is 0.267. The van der Waals surface area contributed by atoms with E-state index in [-0.39, 0.29) is 0 Å². The van der Waals surface area contributed by atoms with Crippen molar-refractivity contribution in [1.82, 2.24) is 4.98 Å². The molecular weight excluding hydrogens is 272 g/mol. The van der Waals surface area contributed by atoms with Gasteiger partial charge in [0.15, 0.2) is 0 Å². The zero-order valence-electron chi connectivity index (χ0n) is 11.4. The van der Waals surface area contributed by atoms with E-state index in [2.05, 4.69) is 4.98 Å². The van der Waals surface area contributed by atoms with Gasteiger partial charge in [0.25, 0.3) is 0 Å². The van der Waals surface area contributed by atoms with Crippen LogP contribution in [0.4, 0.5) is 5.69 Å². The van der Waals surface area contributed by atoms with E-state index in [4.69, 9.17) is 10.5 Å². The minimum absolute atomic E-state index is 0.532. The molecule has 106 valence electrons.